The van der Waals surface area contributed by atoms with Crippen LogP contribution in [0.2, 0.25) is 0 Å². The molecule has 0 aromatic heterocycles. The van der Waals surface area contributed by atoms with E-state index in [9.17, 15) is 0 Å². The third-order valence-corrected chi connectivity index (χ3v) is 2.70. The van der Waals surface area contributed by atoms with Crippen LogP contribution in [0.5, 0.6) is 0 Å². The topological polar surface area (TPSA) is 21.3 Å². The molecule has 1 aliphatic heterocycles. The standard InChI is InChI=1S/C9H17NO/c1-7-9(4-5-10-7)11-6-8-2-3-8/h7-10H,2-6H2,1H3/t7-,9+/m0/s1. The first kappa shape index (κ1) is 7.56. The molecule has 2 heteroatoms. The van der Waals surface area contributed by atoms with Crippen molar-refractivity contribution in [2.24, 2.45) is 5.92 Å². The summed E-state index contributed by atoms with van der Waals surface area (Å²) in [6, 6.07) is 0.578. The summed E-state index contributed by atoms with van der Waals surface area (Å²) in [4.78, 5) is 0. The van der Waals surface area contributed by atoms with Gasteiger partial charge in [0.1, 0.15) is 0 Å². The number of hydrogen-bond acceptors (Lipinski definition) is 2. The molecule has 0 radical (unpaired) electrons. The molecular weight excluding hydrogens is 138 g/mol. The van der Waals surface area contributed by atoms with Gasteiger partial charge < -0.3 is 10.1 Å². The van der Waals surface area contributed by atoms with Gasteiger partial charge in [-0.05, 0) is 38.6 Å². The van der Waals surface area contributed by atoms with Crippen LogP contribution in [0.4, 0.5) is 0 Å². The Morgan fingerprint density at radius 2 is 2.18 bits per heavy atom. The zero-order valence-corrected chi connectivity index (χ0v) is 7.18. The van der Waals surface area contributed by atoms with Crippen molar-refractivity contribution >= 4 is 0 Å². The first-order valence-electron chi connectivity index (χ1n) is 4.71. The molecule has 11 heavy (non-hydrogen) atoms. The molecule has 2 rings (SSSR count). The fourth-order valence-corrected chi connectivity index (χ4v) is 1.61. The Morgan fingerprint density at radius 3 is 2.73 bits per heavy atom. The van der Waals surface area contributed by atoms with Gasteiger partial charge in [-0.15, -0.1) is 0 Å². The molecular formula is C9H17NO. The molecule has 0 amide bonds. The van der Waals surface area contributed by atoms with E-state index < -0.39 is 0 Å². The second-order valence-corrected chi connectivity index (χ2v) is 3.85. The maximum Gasteiger partial charge on any atom is 0.0737 e. The molecule has 2 nitrogen and oxygen atoms in total. The van der Waals surface area contributed by atoms with Crippen molar-refractivity contribution in [3.63, 3.8) is 0 Å². The normalized spacial score (nSPS) is 37.9. The Balaban J connectivity index is 1.67. The largest absolute Gasteiger partial charge is 0.376 e. The molecule has 0 bridgehead atoms. The van der Waals surface area contributed by atoms with Crippen LogP contribution in [-0.4, -0.2) is 25.3 Å². The van der Waals surface area contributed by atoms with Crippen LogP contribution in [0.3, 0.4) is 0 Å². The summed E-state index contributed by atoms with van der Waals surface area (Å²) in [5, 5.41) is 3.39. The molecule has 2 atom stereocenters. The number of hydrogen-bond donors (Lipinski definition) is 1. The second-order valence-electron chi connectivity index (χ2n) is 3.85. The molecule has 2 fully saturated rings. The average molecular weight is 155 g/mol. The monoisotopic (exact) mass is 155 g/mol. The molecule has 1 N–H and O–H groups in total. The molecule has 1 saturated carbocycles. The van der Waals surface area contributed by atoms with Gasteiger partial charge in [0.25, 0.3) is 0 Å². The lowest BCUT2D eigenvalue weighted by Gasteiger charge is -2.15. The van der Waals surface area contributed by atoms with Gasteiger partial charge in [0.05, 0.1) is 6.10 Å². The van der Waals surface area contributed by atoms with Gasteiger partial charge in [-0.1, -0.05) is 0 Å². The van der Waals surface area contributed by atoms with E-state index in [-0.39, 0.29) is 0 Å². The van der Waals surface area contributed by atoms with Gasteiger partial charge in [-0.2, -0.15) is 0 Å². The van der Waals surface area contributed by atoms with Crippen molar-refractivity contribution in [3.05, 3.63) is 0 Å². The molecule has 1 saturated heterocycles. The fourth-order valence-electron chi connectivity index (χ4n) is 1.61. The lowest BCUT2D eigenvalue weighted by molar-refractivity contribution is 0.0417. The highest BCUT2D eigenvalue weighted by atomic mass is 16.5. The smallest absolute Gasteiger partial charge is 0.0737 e. The summed E-state index contributed by atoms with van der Waals surface area (Å²) < 4.78 is 5.78. The van der Waals surface area contributed by atoms with Crippen LogP contribution < -0.4 is 5.32 Å². The van der Waals surface area contributed by atoms with Crippen molar-refractivity contribution in [1.82, 2.24) is 5.32 Å². The number of rotatable bonds is 3. The minimum atomic E-state index is 0.496. The van der Waals surface area contributed by atoms with Gasteiger partial charge in [0, 0.05) is 12.6 Å². The predicted molar refractivity (Wildman–Crippen MR) is 44.5 cm³/mol. The van der Waals surface area contributed by atoms with Crippen molar-refractivity contribution in [2.45, 2.75) is 38.3 Å². The van der Waals surface area contributed by atoms with Gasteiger partial charge in [0.2, 0.25) is 0 Å². The van der Waals surface area contributed by atoms with E-state index in [2.05, 4.69) is 12.2 Å². The minimum Gasteiger partial charge on any atom is -0.376 e. The van der Waals surface area contributed by atoms with Crippen LogP contribution in [0.15, 0.2) is 0 Å². The van der Waals surface area contributed by atoms with Gasteiger partial charge in [-0.25, -0.2) is 0 Å². The molecule has 0 spiro atoms. The summed E-state index contributed by atoms with van der Waals surface area (Å²) in [5.41, 5.74) is 0. The molecule has 2 aliphatic rings. The molecule has 1 aliphatic carbocycles. The quantitative estimate of drug-likeness (QED) is 0.660. The second kappa shape index (κ2) is 3.11. The van der Waals surface area contributed by atoms with E-state index in [0.29, 0.717) is 12.1 Å². The first-order valence-corrected chi connectivity index (χ1v) is 4.71. The van der Waals surface area contributed by atoms with E-state index in [1.165, 1.54) is 19.3 Å². The van der Waals surface area contributed by atoms with Crippen LogP contribution in [0.25, 0.3) is 0 Å². The lowest BCUT2D eigenvalue weighted by Crippen LogP contribution is -2.29. The van der Waals surface area contributed by atoms with Crippen molar-refractivity contribution in [3.8, 4) is 0 Å². The van der Waals surface area contributed by atoms with E-state index >= 15 is 0 Å². The van der Waals surface area contributed by atoms with Gasteiger partial charge >= 0.3 is 0 Å². The van der Waals surface area contributed by atoms with Crippen molar-refractivity contribution < 1.29 is 4.74 Å². The maximum atomic E-state index is 5.78. The summed E-state index contributed by atoms with van der Waals surface area (Å²) in [5.74, 6) is 0.905. The van der Waals surface area contributed by atoms with Crippen LogP contribution in [0.1, 0.15) is 26.2 Å². The number of nitrogens with one attached hydrogen (secondary N) is 1. The van der Waals surface area contributed by atoms with Crippen molar-refractivity contribution in [2.75, 3.05) is 13.2 Å². The molecule has 0 aromatic carbocycles. The Kier molecular flexibility index (Phi) is 2.14. The van der Waals surface area contributed by atoms with Crippen molar-refractivity contribution in [1.29, 1.82) is 0 Å². The Hall–Kier alpha value is -0.0800. The van der Waals surface area contributed by atoms with Crippen LogP contribution in [0, 0.1) is 5.92 Å². The van der Waals surface area contributed by atoms with E-state index in [1.54, 1.807) is 0 Å². The van der Waals surface area contributed by atoms with Gasteiger partial charge in [0.15, 0.2) is 0 Å². The zero-order chi connectivity index (χ0) is 7.68. The maximum absolute atomic E-state index is 5.78. The van der Waals surface area contributed by atoms with Crippen LogP contribution in [-0.2, 0) is 4.74 Å². The summed E-state index contributed by atoms with van der Waals surface area (Å²) in [6.45, 7) is 4.36. The molecule has 0 unspecified atom stereocenters. The fraction of sp³-hybridized carbons (Fsp3) is 1.00. The Labute approximate surface area is 68.3 Å². The van der Waals surface area contributed by atoms with E-state index in [1.807, 2.05) is 0 Å². The Bertz CT molecular complexity index is 134. The molecule has 64 valence electrons. The third kappa shape index (κ3) is 1.94. The summed E-state index contributed by atoms with van der Waals surface area (Å²) >= 11 is 0. The van der Waals surface area contributed by atoms with E-state index in [0.717, 1.165) is 19.1 Å². The summed E-state index contributed by atoms with van der Waals surface area (Å²) in [7, 11) is 0. The zero-order valence-electron chi connectivity index (χ0n) is 7.18. The highest BCUT2D eigenvalue weighted by Crippen LogP contribution is 2.29. The Morgan fingerprint density at radius 1 is 1.36 bits per heavy atom. The lowest BCUT2D eigenvalue weighted by atomic mass is 10.2. The predicted octanol–water partition coefficient (Wildman–Crippen LogP) is 1.16. The number of ether oxygens (including phenoxy) is 1. The average Bonchev–Trinajstić information content (AvgIpc) is 2.73. The molecule has 0 aromatic rings. The first-order chi connectivity index (χ1) is 5.36. The highest BCUT2D eigenvalue weighted by molar-refractivity contribution is 4.82. The van der Waals surface area contributed by atoms with Crippen LogP contribution >= 0.6 is 0 Å². The summed E-state index contributed by atoms with van der Waals surface area (Å²) in [6.07, 6.45) is 4.49. The minimum absolute atomic E-state index is 0.496. The highest BCUT2D eigenvalue weighted by Gasteiger charge is 2.27. The SMILES string of the molecule is C[C@@H]1NCC[C@H]1OCC1CC1. The third-order valence-electron chi connectivity index (χ3n) is 2.70. The van der Waals surface area contributed by atoms with Gasteiger partial charge in [-0.3, -0.25) is 0 Å². The van der Waals surface area contributed by atoms with E-state index in [4.69, 9.17) is 4.74 Å². The molecule has 1 heterocycles.